The number of nitriles is 1. The number of hydrogen-bond donors (Lipinski definition) is 2. The minimum atomic E-state index is -3.15. The van der Waals surface area contributed by atoms with Gasteiger partial charge in [-0.3, -0.25) is 19.4 Å². The molecule has 0 bridgehead atoms. The number of hydrogen-bond acceptors (Lipinski definition) is 5. The van der Waals surface area contributed by atoms with Gasteiger partial charge in [-0.2, -0.15) is 5.26 Å². The summed E-state index contributed by atoms with van der Waals surface area (Å²) < 4.78 is 27.1. The Morgan fingerprint density at radius 1 is 1.29 bits per heavy atom. The van der Waals surface area contributed by atoms with Crippen LogP contribution in [0.4, 0.5) is 8.78 Å². The predicted molar refractivity (Wildman–Crippen MR) is 105 cm³/mol. The first-order valence-electron chi connectivity index (χ1n) is 9.37. The number of carbonyl (C=O) groups excluding carboxylic acids is 3. The van der Waals surface area contributed by atoms with Crippen LogP contribution in [-0.2, 0) is 9.59 Å². The second-order valence-electron chi connectivity index (χ2n) is 7.12. The van der Waals surface area contributed by atoms with Crippen LogP contribution in [0.15, 0.2) is 48.8 Å². The highest BCUT2D eigenvalue weighted by Crippen LogP contribution is 2.31. The van der Waals surface area contributed by atoms with E-state index in [4.69, 9.17) is 11.0 Å². The van der Waals surface area contributed by atoms with Crippen LogP contribution in [0.1, 0.15) is 33.8 Å². The third-order valence-electron chi connectivity index (χ3n) is 4.96. The topological polar surface area (TPSA) is 129 Å². The van der Waals surface area contributed by atoms with Crippen molar-refractivity contribution in [3.05, 3.63) is 65.5 Å². The number of nitrogens with one attached hydrogen (secondary N) is 1. The molecule has 0 saturated carbocycles. The smallest absolute Gasteiger partial charge is 0.268 e. The Morgan fingerprint density at radius 3 is 2.65 bits per heavy atom. The fourth-order valence-corrected chi connectivity index (χ4v) is 3.53. The molecule has 3 amide bonds. The normalized spacial score (nSPS) is 18.1. The van der Waals surface area contributed by atoms with Crippen LogP contribution in [0.2, 0.25) is 0 Å². The summed E-state index contributed by atoms with van der Waals surface area (Å²) in [4.78, 5) is 41.9. The Morgan fingerprint density at radius 2 is 2.00 bits per heavy atom. The van der Waals surface area contributed by atoms with Crippen molar-refractivity contribution >= 4 is 17.7 Å². The van der Waals surface area contributed by atoms with E-state index in [1.807, 2.05) is 0 Å². The highest BCUT2D eigenvalue weighted by molar-refractivity contribution is 6.00. The molecule has 2 aromatic rings. The maximum Gasteiger partial charge on any atom is 0.268 e. The first-order chi connectivity index (χ1) is 14.7. The van der Waals surface area contributed by atoms with E-state index in [1.165, 1.54) is 18.5 Å². The molecular weight excluding hydrogens is 408 g/mol. The predicted octanol–water partition coefficient (Wildman–Crippen LogP) is 1.19. The second-order valence-corrected chi connectivity index (χ2v) is 7.12. The van der Waals surface area contributed by atoms with E-state index in [0.29, 0.717) is 5.56 Å². The largest absolute Gasteiger partial charge is 0.369 e. The molecule has 2 heterocycles. The number of alkyl halides is 2. The number of primary amides is 1. The fraction of sp³-hybridized carbons (Fsp3) is 0.286. The molecule has 2 atom stereocenters. The molecule has 0 unspecified atom stereocenters. The van der Waals surface area contributed by atoms with Gasteiger partial charge in [0.1, 0.15) is 6.04 Å². The van der Waals surface area contributed by atoms with Crippen LogP contribution in [-0.4, -0.2) is 52.7 Å². The standard InChI is InChI=1S/C21H19F2N5O3/c22-21(23)8-14(9-24)28(12-21)17(29)11-27-20(31)15-6-7-26-10-16(15)18(19(25)30)13-4-2-1-3-5-13/h1-7,10,14,18H,8,11-12H2,(H2,25,30)(H,27,31)/t14-,18-/m0/s1. The maximum atomic E-state index is 13.6. The van der Waals surface area contributed by atoms with E-state index in [0.717, 1.165) is 4.90 Å². The number of likely N-dealkylation sites (tertiary alicyclic amines) is 1. The third kappa shape index (κ3) is 4.83. The van der Waals surface area contributed by atoms with Crippen molar-refractivity contribution in [2.24, 2.45) is 5.73 Å². The summed E-state index contributed by atoms with van der Waals surface area (Å²) in [5, 5.41) is 11.4. The van der Waals surface area contributed by atoms with Crippen molar-refractivity contribution < 1.29 is 23.2 Å². The highest BCUT2D eigenvalue weighted by atomic mass is 19.3. The SMILES string of the molecule is N#C[C@@H]1CC(F)(F)CN1C(=O)CNC(=O)c1ccncc1[C@@H](C(N)=O)c1ccccc1. The molecule has 1 aliphatic rings. The molecule has 31 heavy (non-hydrogen) atoms. The molecular formula is C21H19F2N5O3. The number of nitrogens with two attached hydrogens (primary N) is 1. The Labute approximate surface area is 176 Å². The lowest BCUT2D eigenvalue weighted by Gasteiger charge is -2.20. The summed E-state index contributed by atoms with van der Waals surface area (Å²) in [7, 11) is 0. The van der Waals surface area contributed by atoms with Gasteiger partial charge in [-0.1, -0.05) is 30.3 Å². The van der Waals surface area contributed by atoms with Gasteiger partial charge >= 0.3 is 0 Å². The van der Waals surface area contributed by atoms with Gasteiger partial charge in [0.2, 0.25) is 11.8 Å². The molecule has 1 aliphatic heterocycles. The number of nitrogens with zero attached hydrogens (tertiary/aromatic N) is 3. The van der Waals surface area contributed by atoms with Gasteiger partial charge in [-0.25, -0.2) is 8.78 Å². The summed E-state index contributed by atoms with van der Waals surface area (Å²) in [6.45, 7) is -1.46. The van der Waals surface area contributed by atoms with Crippen LogP contribution >= 0.6 is 0 Å². The first kappa shape index (κ1) is 21.8. The second kappa shape index (κ2) is 8.87. The molecule has 1 fully saturated rings. The van der Waals surface area contributed by atoms with Gasteiger partial charge in [0.05, 0.1) is 25.1 Å². The first-order valence-corrected chi connectivity index (χ1v) is 9.37. The van der Waals surface area contributed by atoms with Crippen LogP contribution < -0.4 is 11.1 Å². The molecule has 3 rings (SSSR count). The molecule has 160 valence electrons. The Hall–Kier alpha value is -3.87. The minimum Gasteiger partial charge on any atom is -0.369 e. The molecule has 1 aromatic heterocycles. The van der Waals surface area contributed by atoms with E-state index in [1.54, 1.807) is 36.4 Å². The monoisotopic (exact) mass is 427 g/mol. The summed E-state index contributed by atoms with van der Waals surface area (Å²) in [6, 6.07) is 10.4. The van der Waals surface area contributed by atoms with Gasteiger partial charge in [0, 0.05) is 29.9 Å². The van der Waals surface area contributed by atoms with Crippen molar-refractivity contribution in [1.82, 2.24) is 15.2 Å². The maximum absolute atomic E-state index is 13.6. The zero-order chi connectivity index (χ0) is 22.6. The van der Waals surface area contributed by atoms with Crippen molar-refractivity contribution in [3.8, 4) is 6.07 Å². The molecule has 3 N–H and O–H groups in total. The molecule has 8 nitrogen and oxygen atoms in total. The van der Waals surface area contributed by atoms with Gasteiger partial charge in [0.15, 0.2) is 0 Å². The number of aromatic nitrogens is 1. The minimum absolute atomic E-state index is 0.0686. The van der Waals surface area contributed by atoms with Crippen molar-refractivity contribution in [2.75, 3.05) is 13.1 Å². The molecule has 10 heteroatoms. The van der Waals surface area contributed by atoms with Gasteiger partial charge in [0.25, 0.3) is 11.8 Å². The molecule has 0 radical (unpaired) electrons. The van der Waals surface area contributed by atoms with E-state index in [-0.39, 0.29) is 11.1 Å². The van der Waals surface area contributed by atoms with Crippen LogP contribution in [0, 0.1) is 11.3 Å². The van der Waals surface area contributed by atoms with Crippen LogP contribution in [0.25, 0.3) is 0 Å². The number of carbonyl (C=O) groups is 3. The van der Waals surface area contributed by atoms with Crippen LogP contribution in [0.3, 0.4) is 0 Å². The Balaban J connectivity index is 1.78. The van der Waals surface area contributed by atoms with Crippen molar-refractivity contribution in [1.29, 1.82) is 5.26 Å². The summed E-state index contributed by atoms with van der Waals surface area (Å²) in [5.74, 6) is -6.30. The van der Waals surface area contributed by atoms with E-state index < -0.39 is 55.1 Å². The summed E-state index contributed by atoms with van der Waals surface area (Å²) in [5.41, 5.74) is 6.44. The van der Waals surface area contributed by atoms with E-state index >= 15 is 0 Å². The highest BCUT2D eigenvalue weighted by Gasteiger charge is 2.47. The lowest BCUT2D eigenvalue weighted by molar-refractivity contribution is -0.131. The molecule has 0 aliphatic carbocycles. The van der Waals surface area contributed by atoms with Crippen molar-refractivity contribution in [3.63, 3.8) is 0 Å². The van der Waals surface area contributed by atoms with Crippen LogP contribution in [0.5, 0.6) is 0 Å². The summed E-state index contributed by atoms with van der Waals surface area (Å²) in [6.07, 6.45) is 1.94. The molecule has 1 aromatic carbocycles. The lowest BCUT2D eigenvalue weighted by Crippen LogP contribution is -2.43. The molecule has 0 spiro atoms. The fourth-order valence-electron chi connectivity index (χ4n) is 3.53. The Kier molecular flexibility index (Phi) is 6.25. The quantitative estimate of drug-likeness (QED) is 0.715. The molecule has 1 saturated heterocycles. The van der Waals surface area contributed by atoms with E-state index in [2.05, 4.69) is 10.3 Å². The Bertz CT molecular complexity index is 1040. The number of amides is 3. The van der Waals surface area contributed by atoms with Crippen molar-refractivity contribution in [2.45, 2.75) is 24.3 Å². The van der Waals surface area contributed by atoms with Gasteiger partial charge in [-0.15, -0.1) is 0 Å². The zero-order valence-electron chi connectivity index (χ0n) is 16.3. The number of benzene rings is 1. The number of halogens is 2. The summed E-state index contributed by atoms with van der Waals surface area (Å²) >= 11 is 0. The lowest BCUT2D eigenvalue weighted by atomic mass is 9.88. The third-order valence-corrected chi connectivity index (χ3v) is 4.96. The van der Waals surface area contributed by atoms with Gasteiger partial charge in [-0.05, 0) is 11.6 Å². The average Bonchev–Trinajstić information content (AvgIpc) is 3.07. The zero-order valence-corrected chi connectivity index (χ0v) is 16.3. The number of rotatable bonds is 6. The van der Waals surface area contributed by atoms with E-state index in [9.17, 15) is 23.2 Å². The van der Waals surface area contributed by atoms with Gasteiger partial charge < -0.3 is 16.0 Å². The number of pyridine rings is 1. The average molecular weight is 427 g/mol.